The maximum absolute atomic E-state index is 12.3. The van der Waals surface area contributed by atoms with Crippen LogP contribution in [0.2, 0.25) is 5.02 Å². The van der Waals surface area contributed by atoms with E-state index in [1.165, 1.54) is 5.56 Å². The number of amides is 1. The highest BCUT2D eigenvalue weighted by Gasteiger charge is 2.54. The predicted molar refractivity (Wildman–Crippen MR) is 89.3 cm³/mol. The van der Waals surface area contributed by atoms with Crippen molar-refractivity contribution in [3.05, 3.63) is 34.9 Å². The number of likely N-dealkylation sites (tertiary alicyclic amines) is 1. The van der Waals surface area contributed by atoms with Crippen molar-refractivity contribution in [3.63, 3.8) is 0 Å². The SMILES string of the molecule is O=C(CCCc1ccc(Cl)cc1)N1CCC2(CC1)[C@H](O)C[C@@H]2O. The minimum absolute atomic E-state index is 0.178. The van der Waals surface area contributed by atoms with Gasteiger partial charge in [-0.25, -0.2) is 0 Å². The van der Waals surface area contributed by atoms with Gasteiger partial charge in [0.2, 0.25) is 5.91 Å². The third kappa shape index (κ3) is 3.39. The van der Waals surface area contributed by atoms with Gasteiger partial charge in [-0.2, -0.15) is 0 Å². The van der Waals surface area contributed by atoms with Crippen LogP contribution in [0.15, 0.2) is 24.3 Å². The van der Waals surface area contributed by atoms with Crippen molar-refractivity contribution in [3.8, 4) is 0 Å². The molecule has 0 bridgehead atoms. The first-order valence-electron chi connectivity index (χ1n) is 8.39. The molecule has 1 spiro atoms. The summed E-state index contributed by atoms with van der Waals surface area (Å²) in [5, 5.41) is 20.6. The maximum Gasteiger partial charge on any atom is 0.222 e. The first-order chi connectivity index (χ1) is 11.0. The molecular weight excluding hydrogens is 314 g/mol. The number of carbonyl (C=O) groups excluding carboxylic acids is 1. The first-order valence-corrected chi connectivity index (χ1v) is 8.77. The zero-order valence-electron chi connectivity index (χ0n) is 13.2. The lowest BCUT2D eigenvalue weighted by Crippen LogP contribution is -2.61. The van der Waals surface area contributed by atoms with Gasteiger partial charge in [-0.15, -0.1) is 0 Å². The van der Waals surface area contributed by atoms with E-state index in [4.69, 9.17) is 11.6 Å². The van der Waals surface area contributed by atoms with Crippen molar-refractivity contribution in [1.29, 1.82) is 0 Å². The standard InChI is InChI=1S/C18H24ClNO3/c19-14-6-4-13(5-7-14)2-1-3-17(23)20-10-8-18(9-11-20)15(21)12-16(18)22/h4-7,15-16,21-22H,1-3,8-12H2/t15-,16+. The molecule has 1 heterocycles. The van der Waals surface area contributed by atoms with Crippen LogP contribution < -0.4 is 0 Å². The monoisotopic (exact) mass is 337 g/mol. The summed E-state index contributed by atoms with van der Waals surface area (Å²) in [6, 6.07) is 7.74. The van der Waals surface area contributed by atoms with E-state index in [0.717, 1.165) is 17.9 Å². The molecule has 2 fully saturated rings. The molecule has 23 heavy (non-hydrogen) atoms. The van der Waals surface area contributed by atoms with Crippen LogP contribution in [0.25, 0.3) is 0 Å². The fraction of sp³-hybridized carbons (Fsp3) is 0.611. The lowest BCUT2D eigenvalue weighted by atomic mass is 9.58. The Morgan fingerprint density at radius 3 is 2.35 bits per heavy atom. The molecule has 3 rings (SSSR count). The molecule has 126 valence electrons. The van der Waals surface area contributed by atoms with Gasteiger partial charge in [0.15, 0.2) is 0 Å². The number of carbonyl (C=O) groups is 1. The molecule has 1 amide bonds. The van der Waals surface area contributed by atoms with E-state index in [0.29, 0.717) is 38.8 Å². The Morgan fingerprint density at radius 2 is 1.78 bits per heavy atom. The van der Waals surface area contributed by atoms with Crippen molar-refractivity contribution in [1.82, 2.24) is 4.90 Å². The van der Waals surface area contributed by atoms with E-state index in [1.807, 2.05) is 29.2 Å². The van der Waals surface area contributed by atoms with Crippen molar-refractivity contribution in [2.45, 2.75) is 50.7 Å². The summed E-state index contributed by atoms with van der Waals surface area (Å²) >= 11 is 5.86. The van der Waals surface area contributed by atoms with E-state index in [1.54, 1.807) is 0 Å². The molecule has 1 aliphatic heterocycles. The number of nitrogens with zero attached hydrogens (tertiary/aromatic N) is 1. The summed E-state index contributed by atoms with van der Waals surface area (Å²) in [6.07, 6.45) is 3.33. The quantitative estimate of drug-likeness (QED) is 0.887. The zero-order chi connectivity index (χ0) is 16.4. The summed E-state index contributed by atoms with van der Waals surface area (Å²) < 4.78 is 0. The number of aliphatic hydroxyl groups excluding tert-OH is 2. The fourth-order valence-corrected chi connectivity index (χ4v) is 3.96. The summed E-state index contributed by atoms with van der Waals surface area (Å²) in [5.41, 5.74) is 0.848. The number of aryl methyl sites for hydroxylation is 1. The summed E-state index contributed by atoms with van der Waals surface area (Å²) in [5.74, 6) is 0.178. The van der Waals surface area contributed by atoms with Crippen LogP contribution in [-0.2, 0) is 11.2 Å². The number of halogens is 1. The molecule has 0 unspecified atom stereocenters. The Balaban J connectivity index is 1.42. The van der Waals surface area contributed by atoms with Gasteiger partial charge in [0, 0.05) is 36.4 Å². The molecule has 0 aromatic heterocycles. The molecule has 1 saturated carbocycles. The highest BCUT2D eigenvalue weighted by Crippen LogP contribution is 2.49. The van der Waals surface area contributed by atoms with Crippen LogP contribution >= 0.6 is 11.6 Å². The number of hydrogen-bond donors (Lipinski definition) is 2. The third-order valence-electron chi connectivity index (χ3n) is 5.59. The maximum atomic E-state index is 12.3. The molecule has 2 atom stereocenters. The van der Waals surface area contributed by atoms with Gasteiger partial charge in [0.25, 0.3) is 0 Å². The highest BCUT2D eigenvalue weighted by molar-refractivity contribution is 6.30. The Bertz CT molecular complexity index is 542. The second-order valence-electron chi connectivity index (χ2n) is 6.86. The van der Waals surface area contributed by atoms with Gasteiger partial charge < -0.3 is 15.1 Å². The summed E-state index contributed by atoms with van der Waals surface area (Å²) in [7, 11) is 0. The average Bonchev–Trinajstić information content (AvgIpc) is 2.57. The zero-order valence-corrected chi connectivity index (χ0v) is 14.0. The minimum atomic E-state index is -0.403. The molecule has 1 aromatic rings. The van der Waals surface area contributed by atoms with Crippen molar-refractivity contribution in [2.24, 2.45) is 5.41 Å². The predicted octanol–water partition coefficient (Wildman–Crippen LogP) is 2.40. The molecule has 1 aliphatic carbocycles. The van der Waals surface area contributed by atoms with Gasteiger partial charge in [-0.3, -0.25) is 4.79 Å². The topological polar surface area (TPSA) is 60.8 Å². The number of benzene rings is 1. The molecule has 1 saturated heterocycles. The van der Waals surface area contributed by atoms with Gasteiger partial charge >= 0.3 is 0 Å². The number of rotatable bonds is 4. The van der Waals surface area contributed by atoms with Crippen LogP contribution in [0.4, 0.5) is 0 Å². The van der Waals surface area contributed by atoms with Gasteiger partial charge in [-0.1, -0.05) is 23.7 Å². The lowest BCUT2D eigenvalue weighted by molar-refractivity contribution is -0.191. The van der Waals surface area contributed by atoms with E-state index in [2.05, 4.69) is 0 Å². The second kappa shape index (κ2) is 6.80. The van der Waals surface area contributed by atoms with Crippen LogP contribution in [0, 0.1) is 5.41 Å². The highest BCUT2D eigenvalue weighted by atomic mass is 35.5. The largest absolute Gasteiger partial charge is 0.392 e. The first kappa shape index (κ1) is 16.7. The van der Waals surface area contributed by atoms with Gasteiger partial charge in [0.1, 0.15) is 0 Å². The normalized spacial score (nSPS) is 26.1. The number of hydrogen-bond acceptors (Lipinski definition) is 3. The Morgan fingerprint density at radius 1 is 1.17 bits per heavy atom. The van der Waals surface area contributed by atoms with E-state index in [9.17, 15) is 15.0 Å². The third-order valence-corrected chi connectivity index (χ3v) is 5.84. The van der Waals surface area contributed by atoms with Crippen LogP contribution in [0.1, 0.15) is 37.7 Å². The Labute approximate surface area is 142 Å². The minimum Gasteiger partial charge on any atom is -0.392 e. The lowest BCUT2D eigenvalue weighted by Gasteiger charge is -2.55. The number of piperidine rings is 1. The molecule has 0 radical (unpaired) electrons. The summed E-state index contributed by atoms with van der Waals surface area (Å²) in [6.45, 7) is 1.29. The van der Waals surface area contributed by atoms with Crippen molar-refractivity contribution >= 4 is 17.5 Å². The smallest absolute Gasteiger partial charge is 0.222 e. The van der Waals surface area contributed by atoms with Crippen LogP contribution in [-0.4, -0.2) is 46.3 Å². The molecule has 2 N–H and O–H groups in total. The number of aliphatic hydroxyl groups is 2. The Kier molecular flexibility index (Phi) is 4.95. The molecular formula is C18H24ClNO3. The van der Waals surface area contributed by atoms with E-state index < -0.39 is 12.2 Å². The van der Waals surface area contributed by atoms with Crippen LogP contribution in [0.3, 0.4) is 0 Å². The molecule has 2 aliphatic rings. The van der Waals surface area contributed by atoms with Crippen molar-refractivity contribution in [2.75, 3.05) is 13.1 Å². The molecule has 4 nitrogen and oxygen atoms in total. The molecule has 1 aromatic carbocycles. The van der Waals surface area contributed by atoms with Gasteiger partial charge in [0.05, 0.1) is 12.2 Å². The fourth-order valence-electron chi connectivity index (χ4n) is 3.83. The Hall–Kier alpha value is -1.10. The second-order valence-corrected chi connectivity index (χ2v) is 7.30. The van der Waals surface area contributed by atoms with Crippen LogP contribution in [0.5, 0.6) is 0 Å². The average molecular weight is 338 g/mol. The molecule has 5 heteroatoms. The van der Waals surface area contributed by atoms with Gasteiger partial charge in [-0.05, 0) is 43.4 Å². The van der Waals surface area contributed by atoms with E-state index in [-0.39, 0.29) is 11.3 Å². The van der Waals surface area contributed by atoms with Crippen molar-refractivity contribution < 1.29 is 15.0 Å². The van der Waals surface area contributed by atoms with E-state index >= 15 is 0 Å². The summed E-state index contributed by atoms with van der Waals surface area (Å²) in [4.78, 5) is 14.2.